The number of nitrogens with one attached hydrogen (secondary N) is 1. The molecule has 1 fully saturated rings. The van der Waals surface area contributed by atoms with E-state index < -0.39 is 0 Å². The van der Waals surface area contributed by atoms with E-state index in [0.717, 1.165) is 43.1 Å². The number of hydrogen-bond donors (Lipinski definition) is 1. The molecule has 1 amide bonds. The molecule has 1 aliphatic rings. The first kappa shape index (κ1) is 23.1. The van der Waals surface area contributed by atoms with Crippen molar-refractivity contribution in [2.24, 2.45) is 7.05 Å². The second-order valence-corrected chi connectivity index (χ2v) is 9.19. The number of aromatic nitrogens is 3. The maximum Gasteiger partial charge on any atom is 0.234 e. The van der Waals surface area contributed by atoms with Crippen LogP contribution < -0.4 is 10.2 Å². The second kappa shape index (κ2) is 10.3. The highest BCUT2D eigenvalue weighted by atomic mass is 32.2. The first-order valence-corrected chi connectivity index (χ1v) is 12.3. The molecule has 178 valence electrons. The van der Waals surface area contributed by atoms with Crippen LogP contribution in [0.5, 0.6) is 0 Å². The van der Waals surface area contributed by atoms with Crippen LogP contribution in [0.15, 0.2) is 72.0 Å². The summed E-state index contributed by atoms with van der Waals surface area (Å²) in [6, 6.07) is 17.1. The van der Waals surface area contributed by atoms with Gasteiger partial charge in [-0.1, -0.05) is 30.0 Å². The number of fused-ring (bicyclic) bond motifs is 1. The third-order valence-electron chi connectivity index (χ3n) is 5.84. The number of thioether (sulfide) groups is 1. The minimum absolute atomic E-state index is 0.138. The number of rotatable bonds is 7. The summed E-state index contributed by atoms with van der Waals surface area (Å²) in [5, 5.41) is 4.30. The number of benzene rings is 2. The topological polar surface area (TPSA) is 89.4 Å². The molecule has 0 bridgehead atoms. The zero-order valence-electron chi connectivity index (χ0n) is 19.3. The molecule has 0 aliphatic carbocycles. The van der Waals surface area contributed by atoms with E-state index in [1.54, 1.807) is 30.1 Å². The van der Waals surface area contributed by atoms with Gasteiger partial charge in [0.05, 0.1) is 29.5 Å². The Morgan fingerprint density at radius 3 is 2.60 bits per heavy atom. The van der Waals surface area contributed by atoms with Gasteiger partial charge in [-0.25, -0.2) is 9.97 Å². The first-order chi connectivity index (χ1) is 17.1. The third kappa shape index (κ3) is 5.21. The van der Waals surface area contributed by atoms with Crippen molar-refractivity contribution in [3.8, 4) is 0 Å². The van der Waals surface area contributed by atoms with Gasteiger partial charge in [0.25, 0.3) is 0 Å². The van der Waals surface area contributed by atoms with Crippen molar-refractivity contribution in [2.75, 3.05) is 42.3 Å². The molecule has 9 heteroatoms. The Morgan fingerprint density at radius 2 is 1.86 bits per heavy atom. The van der Waals surface area contributed by atoms with E-state index in [4.69, 9.17) is 4.74 Å². The number of aryl methyl sites for hydroxylation is 1. The van der Waals surface area contributed by atoms with Crippen molar-refractivity contribution in [1.29, 1.82) is 0 Å². The van der Waals surface area contributed by atoms with Crippen molar-refractivity contribution < 1.29 is 14.3 Å². The number of ether oxygens (including phenoxy) is 1. The summed E-state index contributed by atoms with van der Waals surface area (Å²) in [4.78, 5) is 36.9. The van der Waals surface area contributed by atoms with Crippen LogP contribution in [0.25, 0.3) is 10.9 Å². The van der Waals surface area contributed by atoms with Crippen LogP contribution in [-0.2, 0) is 16.6 Å². The number of imidazole rings is 1. The lowest BCUT2D eigenvalue weighted by molar-refractivity contribution is -0.113. The predicted molar refractivity (Wildman–Crippen MR) is 137 cm³/mol. The highest BCUT2D eigenvalue weighted by Gasteiger charge is 2.19. The smallest absolute Gasteiger partial charge is 0.234 e. The SMILES string of the molecule is Cn1ccnc1C(=O)c1cc(SCC(=O)Nc2ccc(N3CCOCC3)cc2)nc2ccccc12. The Kier molecular flexibility index (Phi) is 6.78. The molecule has 2 aromatic carbocycles. The zero-order valence-corrected chi connectivity index (χ0v) is 20.1. The van der Waals surface area contributed by atoms with Crippen molar-refractivity contribution in [3.63, 3.8) is 0 Å². The maximum absolute atomic E-state index is 13.2. The largest absolute Gasteiger partial charge is 0.378 e. The van der Waals surface area contributed by atoms with Gasteiger partial charge in [-0.2, -0.15) is 0 Å². The number of anilines is 2. The quantitative estimate of drug-likeness (QED) is 0.314. The molecule has 0 atom stereocenters. The Labute approximate surface area is 207 Å². The molecule has 0 spiro atoms. The molecule has 5 rings (SSSR count). The van der Waals surface area contributed by atoms with Crippen LogP contribution in [0.1, 0.15) is 16.2 Å². The highest BCUT2D eigenvalue weighted by Crippen LogP contribution is 2.26. The van der Waals surface area contributed by atoms with Gasteiger partial charge in [-0.05, 0) is 36.4 Å². The molecule has 4 aromatic rings. The number of nitrogens with zero attached hydrogens (tertiary/aromatic N) is 4. The van der Waals surface area contributed by atoms with E-state index in [2.05, 4.69) is 20.2 Å². The number of pyridine rings is 1. The second-order valence-electron chi connectivity index (χ2n) is 8.20. The molecular formula is C26H25N5O3S. The van der Waals surface area contributed by atoms with Gasteiger partial charge >= 0.3 is 0 Å². The Bertz CT molecular complexity index is 1360. The van der Waals surface area contributed by atoms with Gasteiger partial charge < -0.3 is 19.5 Å². The number of morpholine rings is 1. The van der Waals surface area contributed by atoms with Gasteiger partial charge in [0, 0.05) is 54.9 Å². The van der Waals surface area contributed by atoms with Crippen LogP contribution >= 0.6 is 11.8 Å². The number of carbonyl (C=O) groups excluding carboxylic acids is 2. The lowest BCUT2D eigenvalue weighted by atomic mass is 10.1. The van der Waals surface area contributed by atoms with E-state index in [9.17, 15) is 9.59 Å². The molecule has 1 saturated heterocycles. The number of hydrogen-bond acceptors (Lipinski definition) is 7. The van der Waals surface area contributed by atoms with E-state index in [1.165, 1.54) is 11.8 Å². The molecular weight excluding hydrogens is 462 g/mol. The van der Waals surface area contributed by atoms with Crippen LogP contribution in [0, 0.1) is 0 Å². The fourth-order valence-corrected chi connectivity index (χ4v) is 4.75. The summed E-state index contributed by atoms with van der Waals surface area (Å²) >= 11 is 1.30. The van der Waals surface area contributed by atoms with E-state index in [-0.39, 0.29) is 17.4 Å². The maximum atomic E-state index is 13.2. The average Bonchev–Trinajstić information content (AvgIpc) is 3.33. The van der Waals surface area contributed by atoms with Gasteiger partial charge in [0.15, 0.2) is 5.82 Å². The normalized spacial score (nSPS) is 13.7. The predicted octanol–water partition coefficient (Wildman–Crippen LogP) is 3.77. The Balaban J connectivity index is 1.28. The number of para-hydroxylation sites is 1. The lowest BCUT2D eigenvalue weighted by Crippen LogP contribution is -2.36. The number of ketones is 1. The van der Waals surface area contributed by atoms with Gasteiger partial charge in [0.1, 0.15) is 0 Å². The van der Waals surface area contributed by atoms with Gasteiger partial charge in [-0.3, -0.25) is 9.59 Å². The van der Waals surface area contributed by atoms with Crippen LogP contribution in [0.4, 0.5) is 11.4 Å². The van der Waals surface area contributed by atoms with Crippen LogP contribution in [-0.4, -0.2) is 58.3 Å². The standard InChI is InChI=1S/C26H25N5O3S/c1-30-11-10-27-26(30)25(33)21-16-24(29-22-5-3-2-4-20(21)22)35-17-23(32)28-18-6-8-19(9-7-18)31-12-14-34-15-13-31/h2-11,16H,12-15,17H2,1H3,(H,28,32). The number of amides is 1. The van der Waals surface area contributed by atoms with Gasteiger partial charge in [0.2, 0.25) is 11.7 Å². The molecule has 35 heavy (non-hydrogen) atoms. The minimum Gasteiger partial charge on any atom is -0.378 e. The summed E-state index contributed by atoms with van der Waals surface area (Å²) < 4.78 is 7.10. The molecule has 2 aromatic heterocycles. The molecule has 8 nitrogen and oxygen atoms in total. The monoisotopic (exact) mass is 487 g/mol. The van der Waals surface area contributed by atoms with Crippen molar-refractivity contribution >= 4 is 45.7 Å². The molecule has 1 aliphatic heterocycles. The average molecular weight is 488 g/mol. The summed E-state index contributed by atoms with van der Waals surface area (Å²) in [5.74, 6) is 0.214. The zero-order chi connectivity index (χ0) is 24.2. The number of carbonyl (C=O) groups is 2. The molecule has 0 unspecified atom stereocenters. The minimum atomic E-state index is -0.178. The summed E-state index contributed by atoms with van der Waals surface area (Å²) in [6.07, 6.45) is 3.34. The molecule has 0 radical (unpaired) electrons. The van der Waals surface area contributed by atoms with Gasteiger partial charge in [-0.15, -0.1) is 0 Å². The van der Waals surface area contributed by atoms with Crippen molar-refractivity contribution in [2.45, 2.75) is 5.03 Å². The van der Waals surface area contributed by atoms with Crippen LogP contribution in [0.2, 0.25) is 0 Å². The first-order valence-electron chi connectivity index (χ1n) is 11.4. The summed E-state index contributed by atoms with van der Waals surface area (Å²) in [7, 11) is 1.79. The van der Waals surface area contributed by atoms with E-state index in [1.807, 2.05) is 48.5 Å². The fourth-order valence-electron chi connectivity index (χ4n) is 4.03. The molecule has 1 N–H and O–H groups in total. The van der Waals surface area contributed by atoms with Crippen molar-refractivity contribution in [3.05, 3.63) is 78.4 Å². The Morgan fingerprint density at radius 1 is 1.09 bits per heavy atom. The van der Waals surface area contributed by atoms with E-state index in [0.29, 0.717) is 21.9 Å². The van der Waals surface area contributed by atoms with E-state index >= 15 is 0 Å². The van der Waals surface area contributed by atoms with Crippen LogP contribution in [0.3, 0.4) is 0 Å². The third-order valence-corrected chi connectivity index (χ3v) is 6.75. The summed E-state index contributed by atoms with van der Waals surface area (Å²) in [5.41, 5.74) is 3.08. The molecule has 3 heterocycles. The van der Waals surface area contributed by atoms with Crippen molar-refractivity contribution in [1.82, 2.24) is 14.5 Å². The fraction of sp³-hybridized carbons (Fsp3) is 0.231. The molecule has 0 saturated carbocycles. The Hall–Kier alpha value is -3.69. The highest BCUT2D eigenvalue weighted by molar-refractivity contribution is 7.99. The lowest BCUT2D eigenvalue weighted by Gasteiger charge is -2.28. The summed E-state index contributed by atoms with van der Waals surface area (Å²) in [6.45, 7) is 3.19.